The lowest BCUT2D eigenvalue weighted by atomic mass is 10.2. The third-order valence-electron chi connectivity index (χ3n) is 2.89. The molecular formula is C16H18N2OS. The highest BCUT2D eigenvalue weighted by Crippen LogP contribution is 2.28. The van der Waals surface area contributed by atoms with Crippen LogP contribution in [0.5, 0.6) is 0 Å². The highest BCUT2D eigenvalue weighted by molar-refractivity contribution is 7.99. The molecule has 0 saturated carbocycles. The molecule has 3 N–H and O–H groups in total. The molecule has 0 bridgehead atoms. The third-order valence-corrected chi connectivity index (χ3v) is 3.91. The Balaban J connectivity index is 2.00. The summed E-state index contributed by atoms with van der Waals surface area (Å²) in [5.74, 6) is -0.180. The number of hydrogen-bond donors (Lipinski definition) is 2. The molecule has 0 spiro atoms. The lowest BCUT2D eigenvalue weighted by Crippen LogP contribution is -2.21. The van der Waals surface area contributed by atoms with Crippen LogP contribution in [0.25, 0.3) is 0 Å². The van der Waals surface area contributed by atoms with Gasteiger partial charge in [-0.2, -0.15) is 0 Å². The first-order valence-corrected chi connectivity index (χ1v) is 7.39. The second kappa shape index (κ2) is 7.12. The van der Waals surface area contributed by atoms with Crippen LogP contribution in [-0.4, -0.2) is 12.5 Å². The van der Waals surface area contributed by atoms with Gasteiger partial charge in [0.2, 0.25) is 5.91 Å². The van der Waals surface area contributed by atoms with Gasteiger partial charge < -0.3 is 11.1 Å². The maximum atomic E-state index is 11.2. The standard InChI is InChI=1S/C16H18N2OS/c1-2-12-3-7-14(8-4-12)20-15-9-5-13(6-10-15)18-16(19)11-17/h3-10H,2,11,17H2,1H3,(H,18,19). The second-order valence-corrected chi connectivity index (χ2v) is 5.52. The van der Waals surface area contributed by atoms with Gasteiger partial charge in [0.15, 0.2) is 0 Å². The molecule has 0 aliphatic rings. The molecule has 1 amide bonds. The van der Waals surface area contributed by atoms with E-state index in [4.69, 9.17) is 5.73 Å². The zero-order valence-corrected chi connectivity index (χ0v) is 12.2. The molecule has 0 aliphatic heterocycles. The summed E-state index contributed by atoms with van der Waals surface area (Å²) in [6.07, 6.45) is 1.06. The fourth-order valence-corrected chi connectivity index (χ4v) is 2.56. The Labute approximate surface area is 123 Å². The van der Waals surface area contributed by atoms with E-state index < -0.39 is 0 Å². The van der Waals surface area contributed by atoms with E-state index in [1.807, 2.05) is 24.3 Å². The van der Waals surface area contributed by atoms with Crippen molar-refractivity contribution < 1.29 is 4.79 Å². The average molecular weight is 286 g/mol. The van der Waals surface area contributed by atoms with Gasteiger partial charge in [-0.3, -0.25) is 4.79 Å². The Morgan fingerprint density at radius 2 is 1.60 bits per heavy atom. The van der Waals surface area contributed by atoms with E-state index in [1.165, 1.54) is 10.5 Å². The van der Waals surface area contributed by atoms with Gasteiger partial charge in [-0.25, -0.2) is 0 Å². The van der Waals surface area contributed by atoms with Gasteiger partial charge in [-0.05, 0) is 48.4 Å². The summed E-state index contributed by atoms with van der Waals surface area (Å²) in [5, 5.41) is 2.72. The van der Waals surface area contributed by atoms with Crippen LogP contribution in [0, 0.1) is 0 Å². The van der Waals surface area contributed by atoms with Crippen LogP contribution in [0.2, 0.25) is 0 Å². The Hall–Kier alpha value is -1.78. The Kier molecular flexibility index (Phi) is 5.21. The maximum Gasteiger partial charge on any atom is 0.238 e. The predicted molar refractivity (Wildman–Crippen MR) is 84.1 cm³/mol. The lowest BCUT2D eigenvalue weighted by molar-refractivity contribution is -0.114. The van der Waals surface area contributed by atoms with Crippen molar-refractivity contribution in [3.63, 3.8) is 0 Å². The topological polar surface area (TPSA) is 55.1 Å². The number of amides is 1. The van der Waals surface area contributed by atoms with E-state index in [2.05, 4.69) is 36.5 Å². The fourth-order valence-electron chi connectivity index (χ4n) is 1.75. The van der Waals surface area contributed by atoms with Gasteiger partial charge in [0.25, 0.3) is 0 Å². The Morgan fingerprint density at radius 1 is 1.05 bits per heavy atom. The minimum atomic E-state index is -0.180. The summed E-state index contributed by atoms with van der Waals surface area (Å²) in [4.78, 5) is 13.5. The largest absolute Gasteiger partial charge is 0.325 e. The zero-order valence-electron chi connectivity index (χ0n) is 11.4. The normalized spacial score (nSPS) is 10.3. The molecule has 2 aromatic carbocycles. The van der Waals surface area contributed by atoms with Crippen LogP contribution in [-0.2, 0) is 11.2 Å². The van der Waals surface area contributed by atoms with E-state index in [0.29, 0.717) is 0 Å². The second-order valence-electron chi connectivity index (χ2n) is 4.38. The van der Waals surface area contributed by atoms with Crippen LogP contribution < -0.4 is 11.1 Å². The summed E-state index contributed by atoms with van der Waals surface area (Å²) in [6.45, 7) is 2.15. The molecule has 2 aromatic rings. The van der Waals surface area contributed by atoms with E-state index in [-0.39, 0.29) is 12.5 Å². The number of aryl methyl sites for hydroxylation is 1. The molecular weight excluding hydrogens is 268 g/mol. The molecule has 2 rings (SSSR count). The molecule has 0 aliphatic carbocycles. The van der Waals surface area contributed by atoms with Crippen molar-refractivity contribution in [3.05, 3.63) is 54.1 Å². The predicted octanol–water partition coefficient (Wildman–Crippen LogP) is 3.30. The van der Waals surface area contributed by atoms with Crippen molar-refractivity contribution >= 4 is 23.4 Å². The van der Waals surface area contributed by atoms with Gasteiger partial charge in [-0.1, -0.05) is 30.8 Å². The monoisotopic (exact) mass is 286 g/mol. The van der Waals surface area contributed by atoms with Crippen molar-refractivity contribution in [2.24, 2.45) is 5.73 Å². The molecule has 0 aromatic heterocycles. The fraction of sp³-hybridized carbons (Fsp3) is 0.188. The number of benzene rings is 2. The van der Waals surface area contributed by atoms with E-state index in [1.54, 1.807) is 11.8 Å². The minimum absolute atomic E-state index is 0.000276. The summed E-state index contributed by atoms with van der Waals surface area (Å²) >= 11 is 1.70. The molecule has 0 saturated heterocycles. The quantitative estimate of drug-likeness (QED) is 0.886. The minimum Gasteiger partial charge on any atom is -0.325 e. The first-order valence-electron chi connectivity index (χ1n) is 6.58. The van der Waals surface area contributed by atoms with Crippen LogP contribution in [0.3, 0.4) is 0 Å². The van der Waals surface area contributed by atoms with Crippen LogP contribution >= 0.6 is 11.8 Å². The van der Waals surface area contributed by atoms with Crippen molar-refractivity contribution in [2.75, 3.05) is 11.9 Å². The molecule has 3 nitrogen and oxygen atoms in total. The highest BCUT2D eigenvalue weighted by atomic mass is 32.2. The summed E-state index contributed by atoms with van der Waals surface area (Å²) in [5.41, 5.74) is 7.37. The van der Waals surface area contributed by atoms with Gasteiger partial charge >= 0.3 is 0 Å². The number of carbonyl (C=O) groups is 1. The number of anilines is 1. The summed E-state index contributed by atoms with van der Waals surface area (Å²) in [6, 6.07) is 16.3. The summed E-state index contributed by atoms with van der Waals surface area (Å²) < 4.78 is 0. The molecule has 4 heteroatoms. The zero-order chi connectivity index (χ0) is 14.4. The number of rotatable bonds is 5. The Bertz CT molecular complexity index is 564. The number of carbonyl (C=O) groups excluding carboxylic acids is 1. The number of nitrogens with two attached hydrogens (primary N) is 1. The molecule has 20 heavy (non-hydrogen) atoms. The average Bonchev–Trinajstić information content (AvgIpc) is 2.50. The van der Waals surface area contributed by atoms with Crippen LogP contribution in [0.1, 0.15) is 12.5 Å². The van der Waals surface area contributed by atoms with E-state index >= 15 is 0 Å². The summed E-state index contributed by atoms with van der Waals surface area (Å²) in [7, 11) is 0. The molecule has 0 atom stereocenters. The van der Waals surface area contributed by atoms with Gasteiger partial charge in [0, 0.05) is 15.5 Å². The van der Waals surface area contributed by atoms with Crippen molar-refractivity contribution in [1.29, 1.82) is 0 Å². The maximum absolute atomic E-state index is 11.2. The van der Waals surface area contributed by atoms with Gasteiger partial charge in [-0.15, -0.1) is 0 Å². The van der Waals surface area contributed by atoms with E-state index in [9.17, 15) is 4.79 Å². The van der Waals surface area contributed by atoms with Crippen molar-refractivity contribution in [3.8, 4) is 0 Å². The molecule has 0 fully saturated rings. The number of nitrogens with one attached hydrogen (secondary N) is 1. The van der Waals surface area contributed by atoms with Crippen molar-refractivity contribution in [2.45, 2.75) is 23.1 Å². The van der Waals surface area contributed by atoms with Gasteiger partial charge in [0.1, 0.15) is 0 Å². The van der Waals surface area contributed by atoms with Crippen LogP contribution in [0.15, 0.2) is 58.3 Å². The highest BCUT2D eigenvalue weighted by Gasteiger charge is 2.01. The lowest BCUT2D eigenvalue weighted by Gasteiger charge is -2.06. The number of hydrogen-bond acceptors (Lipinski definition) is 3. The SMILES string of the molecule is CCc1ccc(Sc2ccc(NC(=O)CN)cc2)cc1. The smallest absolute Gasteiger partial charge is 0.238 e. The molecule has 0 unspecified atom stereocenters. The molecule has 104 valence electrons. The Morgan fingerprint density at radius 3 is 2.10 bits per heavy atom. The molecule has 0 heterocycles. The third kappa shape index (κ3) is 4.11. The van der Waals surface area contributed by atoms with E-state index in [0.717, 1.165) is 17.0 Å². The van der Waals surface area contributed by atoms with Crippen LogP contribution in [0.4, 0.5) is 5.69 Å². The van der Waals surface area contributed by atoms with Crippen molar-refractivity contribution in [1.82, 2.24) is 0 Å². The first-order chi connectivity index (χ1) is 9.71. The molecule has 0 radical (unpaired) electrons. The van der Waals surface area contributed by atoms with Gasteiger partial charge in [0.05, 0.1) is 6.54 Å². The first kappa shape index (κ1) is 14.6.